The van der Waals surface area contributed by atoms with Gasteiger partial charge in [0, 0.05) is 35.9 Å². The highest BCUT2D eigenvalue weighted by Gasteiger charge is 2.33. The van der Waals surface area contributed by atoms with Crippen molar-refractivity contribution in [2.45, 2.75) is 38.7 Å². The minimum atomic E-state index is -1.25. The lowest BCUT2D eigenvalue weighted by Gasteiger charge is -2.38. The number of hydrogen-bond donors (Lipinski definition) is 0. The molecule has 0 saturated carbocycles. The third-order valence-electron chi connectivity index (χ3n) is 7.14. The van der Waals surface area contributed by atoms with E-state index in [4.69, 9.17) is 21.3 Å². The predicted molar refractivity (Wildman–Crippen MR) is 146 cm³/mol. The van der Waals surface area contributed by atoms with Gasteiger partial charge in [-0.05, 0) is 76.4 Å². The molecule has 2 aliphatic rings. The summed E-state index contributed by atoms with van der Waals surface area (Å²) in [5, 5.41) is 1.70. The lowest BCUT2D eigenvalue weighted by atomic mass is 9.84. The second kappa shape index (κ2) is 11.8. The minimum absolute atomic E-state index is 0.00708. The fourth-order valence-corrected chi connectivity index (χ4v) is 7.35. The van der Waals surface area contributed by atoms with Gasteiger partial charge in [0.25, 0.3) is 0 Å². The van der Waals surface area contributed by atoms with Gasteiger partial charge >= 0.3 is 6.09 Å². The number of amides is 2. The number of rotatable bonds is 7. The lowest BCUT2D eigenvalue weighted by Crippen LogP contribution is -2.58. The SMILES string of the molecule is C=CCCOC(=O)N1CCN(C(=O)c2ccc3c(Cl)c4c(nc3c2)CCC(CCN(C)C)C4)[Si](C)C1. The number of aromatic nitrogens is 1. The first-order valence-electron chi connectivity index (χ1n) is 12.7. The molecule has 1 aliphatic heterocycles. The van der Waals surface area contributed by atoms with E-state index in [1.54, 1.807) is 11.0 Å². The Morgan fingerprint density at radius 2 is 2.14 bits per heavy atom. The quantitative estimate of drug-likeness (QED) is 0.299. The van der Waals surface area contributed by atoms with Crippen molar-refractivity contribution in [3.05, 3.63) is 52.7 Å². The summed E-state index contributed by atoms with van der Waals surface area (Å²) in [7, 11) is 2.97. The Kier molecular flexibility index (Phi) is 8.69. The average molecular weight is 528 g/mol. The van der Waals surface area contributed by atoms with Gasteiger partial charge in [0.15, 0.2) is 8.96 Å². The number of carbonyl (C=O) groups is 2. The molecule has 7 nitrogen and oxygen atoms in total. The standard InChI is InChI=1S/C27H36ClN4O3Si/c1-5-6-15-35-27(34)31-13-14-32(36(4)18-31)26(33)20-8-9-21-24(17-20)29-23-10-7-19(11-12-30(2)3)16-22(23)25(21)28/h5,8-9,17,19H,1,6-7,10-16,18H2,2-4H3. The Balaban J connectivity index is 1.46. The number of ether oxygens (including phenoxy) is 1. The van der Waals surface area contributed by atoms with Crippen molar-refractivity contribution in [3.8, 4) is 0 Å². The number of fused-ring (bicyclic) bond motifs is 2. The molecule has 1 unspecified atom stereocenters. The Hall–Kier alpha value is -2.42. The van der Waals surface area contributed by atoms with Crippen LogP contribution in [0, 0.1) is 5.92 Å². The minimum Gasteiger partial charge on any atom is -0.449 e. The predicted octanol–water partition coefficient (Wildman–Crippen LogP) is 4.58. The monoisotopic (exact) mass is 527 g/mol. The molecular weight excluding hydrogens is 492 g/mol. The summed E-state index contributed by atoms with van der Waals surface area (Å²) < 4.78 is 7.22. The smallest absolute Gasteiger partial charge is 0.409 e. The zero-order valence-corrected chi connectivity index (χ0v) is 23.3. The zero-order valence-electron chi connectivity index (χ0n) is 21.6. The molecule has 2 heterocycles. The number of carbonyl (C=O) groups excluding carboxylic acids is 2. The highest BCUT2D eigenvalue weighted by molar-refractivity contribution is 6.58. The van der Waals surface area contributed by atoms with Gasteiger partial charge in [0.2, 0.25) is 5.91 Å². The maximum atomic E-state index is 13.4. The van der Waals surface area contributed by atoms with Crippen LogP contribution in [0.4, 0.5) is 4.79 Å². The molecule has 1 radical (unpaired) electrons. The molecule has 1 fully saturated rings. The Bertz CT molecular complexity index is 1140. The maximum Gasteiger partial charge on any atom is 0.409 e. The van der Waals surface area contributed by atoms with Gasteiger partial charge in [-0.1, -0.05) is 30.3 Å². The molecule has 1 atom stereocenters. The Labute approximate surface area is 220 Å². The lowest BCUT2D eigenvalue weighted by molar-refractivity contribution is 0.0782. The van der Waals surface area contributed by atoms with E-state index in [0.717, 1.165) is 53.8 Å². The van der Waals surface area contributed by atoms with Crippen molar-refractivity contribution in [1.82, 2.24) is 19.3 Å². The Morgan fingerprint density at radius 1 is 1.33 bits per heavy atom. The van der Waals surface area contributed by atoms with Crippen LogP contribution in [-0.4, -0.2) is 86.8 Å². The van der Waals surface area contributed by atoms with Crippen LogP contribution in [-0.2, 0) is 17.6 Å². The van der Waals surface area contributed by atoms with E-state index in [1.807, 2.05) is 22.8 Å². The van der Waals surface area contributed by atoms with Crippen LogP contribution >= 0.6 is 11.6 Å². The first-order valence-corrected chi connectivity index (χ1v) is 15.2. The topological polar surface area (TPSA) is 66.0 Å². The van der Waals surface area contributed by atoms with E-state index in [1.165, 1.54) is 5.56 Å². The molecule has 1 aliphatic carbocycles. The van der Waals surface area contributed by atoms with Crippen LogP contribution in [0.5, 0.6) is 0 Å². The third kappa shape index (κ3) is 5.93. The molecular formula is C27H36ClN4O3Si. The Morgan fingerprint density at radius 3 is 2.86 bits per heavy atom. The summed E-state index contributed by atoms with van der Waals surface area (Å²) in [6, 6.07) is 5.69. The molecule has 2 aromatic rings. The number of nitrogens with zero attached hydrogens (tertiary/aromatic N) is 4. The van der Waals surface area contributed by atoms with Crippen LogP contribution in [0.2, 0.25) is 11.6 Å². The number of hydrogen-bond acceptors (Lipinski definition) is 5. The number of aryl methyl sites for hydroxylation is 1. The van der Waals surface area contributed by atoms with Gasteiger partial charge in [-0.15, -0.1) is 6.58 Å². The summed E-state index contributed by atoms with van der Waals surface area (Å²) in [6.07, 6.45) is 6.76. The molecule has 0 N–H and O–H groups in total. The van der Waals surface area contributed by atoms with Gasteiger partial charge in [-0.2, -0.15) is 0 Å². The van der Waals surface area contributed by atoms with E-state index in [0.29, 0.717) is 43.8 Å². The van der Waals surface area contributed by atoms with Gasteiger partial charge < -0.3 is 19.1 Å². The van der Waals surface area contributed by atoms with E-state index < -0.39 is 8.96 Å². The third-order valence-corrected chi connectivity index (χ3v) is 9.76. The number of halogens is 1. The summed E-state index contributed by atoms with van der Waals surface area (Å²) in [6.45, 7) is 8.09. The molecule has 0 bridgehead atoms. The first-order chi connectivity index (χ1) is 17.3. The average Bonchev–Trinajstić information content (AvgIpc) is 2.87. The summed E-state index contributed by atoms with van der Waals surface area (Å²) in [4.78, 5) is 34.6. The molecule has 4 rings (SSSR count). The van der Waals surface area contributed by atoms with Crippen molar-refractivity contribution in [3.63, 3.8) is 0 Å². The molecule has 2 amide bonds. The fourth-order valence-electron chi connectivity index (χ4n) is 5.04. The van der Waals surface area contributed by atoms with Crippen LogP contribution in [0.1, 0.15) is 40.9 Å². The summed E-state index contributed by atoms with van der Waals surface area (Å²) >= 11 is 6.89. The van der Waals surface area contributed by atoms with E-state index in [9.17, 15) is 9.59 Å². The van der Waals surface area contributed by atoms with Crippen molar-refractivity contribution in [1.29, 1.82) is 0 Å². The highest BCUT2D eigenvalue weighted by atomic mass is 35.5. The van der Waals surface area contributed by atoms with Crippen molar-refractivity contribution in [2.75, 3.05) is 46.5 Å². The van der Waals surface area contributed by atoms with Crippen molar-refractivity contribution < 1.29 is 14.3 Å². The van der Waals surface area contributed by atoms with Crippen LogP contribution in [0.15, 0.2) is 30.9 Å². The molecule has 9 heteroatoms. The number of benzene rings is 1. The molecule has 193 valence electrons. The molecule has 1 aromatic heterocycles. The second-order valence-electron chi connectivity index (χ2n) is 10.1. The van der Waals surface area contributed by atoms with Crippen LogP contribution in [0.3, 0.4) is 0 Å². The van der Waals surface area contributed by atoms with E-state index in [2.05, 4.69) is 32.1 Å². The van der Waals surface area contributed by atoms with E-state index >= 15 is 0 Å². The van der Waals surface area contributed by atoms with Crippen molar-refractivity contribution >= 4 is 43.5 Å². The van der Waals surface area contributed by atoms with Gasteiger partial charge in [-0.25, -0.2) is 4.79 Å². The summed E-state index contributed by atoms with van der Waals surface area (Å²) in [5.74, 6) is 0.618. The molecule has 36 heavy (non-hydrogen) atoms. The molecule has 1 aromatic carbocycles. The fraction of sp³-hybridized carbons (Fsp3) is 0.519. The van der Waals surface area contributed by atoms with Crippen LogP contribution in [0.25, 0.3) is 10.9 Å². The first kappa shape index (κ1) is 26.6. The van der Waals surface area contributed by atoms with Gasteiger partial charge in [0.05, 0.1) is 17.1 Å². The molecule has 1 saturated heterocycles. The van der Waals surface area contributed by atoms with Crippen LogP contribution < -0.4 is 0 Å². The van der Waals surface area contributed by atoms with Gasteiger partial charge in [-0.3, -0.25) is 9.78 Å². The largest absolute Gasteiger partial charge is 0.449 e. The normalized spacial score (nSPS) is 18.4. The van der Waals surface area contributed by atoms with E-state index in [-0.39, 0.29) is 12.0 Å². The van der Waals surface area contributed by atoms with Crippen molar-refractivity contribution in [2.24, 2.45) is 5.92 Å². The molecule has 0 spiro atoms. The summed E-state index contributed by atoms with van der Waals surface area (Å²) in [5.41, 5.74) is 3.65. The number of pyridine rings is 1. The second-order valence-corrected chi connectivity index (χ2v) is 12.8. The maximum absolute atomic E-state index is 13.4. The van der Waals surface area contributed by atoms with Gasteiger partial charge in [0.1, 0.15) is 0 Å². The highest BCUT2D eigenvalue weighted by Crippen LogP contribution is 2.36. The zero-order chi connectivity index (χ0) is 25.8.